The van der Waals surface area contributed by atoms with E-state index in [4.69, 9.17) is 0 Å². The Labute approximate surface area is 147 Å². The van der Waals surface area contributed by atoms with Gasteiger partial charge in [0.25, 0.3) is 0 Å². The molecule has 1 spiro atoms. The van der Waals surface area contributed by atoms with E-state index in [0.29, 0.717) is 24.2 Å². The summed E-state index contributed by atoms with van der Waals surface area (Å²) >= 11 is 0. The number of phenols is 1. The molecule has 5 N–H and O–H groups in total. The number of anilines is 1. The lowest BCUT2D eigenvalue weighted by Crippen LogP contribution is -2.75. The van der Waals surface area contributed by atoms with Gasteiger partial charge in [-0.05, 0) is 5.57 Å². The standard InChI is InChI=1S/C18H17N3O5/c22-7-3-8(23)18-4-9(24)20-13-11(18)15-10-6(5-19-12(10)16(13)25)1-2-21(15)14(7)17(18)26/h5,7,9,14,17,22,24,26H,1-4H2,(H,19,20,25)/p+1/t7-,9-,14-,17+,18-/m1/s1. The second-order valence-electron chi connectivity index (χ2n) is 7.86. The number of rotatable bonds is 0. The Hall–Kier alpha value is -2.29. The second-order valence-corrected chi connectivity index (χ2v) is 7.86. The third-order valence-corrected chi connectivity index (χ3v) is 6.75. The van der Waals surface area contributed by atoms with Gasteiger partial charge in [0.05, 0.1) is 21.9 Å². The lowest BCUT2D eigenvalue weighted by molar-refractivity contribution is -0.147. The molecule has 26 heavy (non-hydrogen) atoms. The topological polar surface area (TPSA) is 125 Å². The molecule has 1 aromatic carbocycles. The molecule has 0 aromatic heterocycles. The maximum absolute atomic E-state index is 13.1. The number of ketones is 1. The third kappa shape index (κ3) is 1.36. The first-order valence-corrected chi connectivity index (χ1v) is 8.89. The number of Topliss-reactive ketones (excluding diaryl/α,β-unsaturated/α-hetero) is 1. The summed E-state index contributed by atoms with van der Waals surface area (Å²) in [5.41, 5.74) is 0.897. The first-order valence-electron chi connectivity index (χ1n) is 8.89. The summed E-state index contributed by atoms with van der Waals surface area (Å²) in [6.45, 7) is 0.594. The molecule has 0 unspecified atom stereocenters. The van der Waals surface area contributed by atoms with Crippen molar-refractivity contribution in [2.45, 2.75) is 49.2 Å². The molecule has 1 aliphatic carbocycles. The fourth-order valence-corrected chi connectivity index (χ4v) is 5.73. The molecule has 1 saturated carbocycles. The van der Waals surface area contributed by atoms with Crippen LogP contribution in [0.25, 0.3) is 5.57 Å². The van der Waals surface area contributed by atoms with Crippen LogP contribution in [-0.2, 0) is 10.2 Å². The van der Waals surface area contributed by atoms with Gasteiger partial charge in [0.1, 0.15) is 36.5 Å². The number of nitrogens with zero attached hydrogens (tertiary/aromatic N) is 2. The van der Waals surface area contributed by atoms with E-state index in [9.17, 15) is 25.2 Å². The number of fused-ring (bicyclic) bond motifs is 2. The van der Waals surface area contributed by atoms with E-state index in [2.05, 4.69) is 10.3 Å². The van der Waals surface area contributed by atoms with Crippen LogP contribution in [-0.4, -0.2) is 63.4 Å². The zero-order valence-corrected chi connectivity index (χ0v) is 13.8. The van der Waals surface area contributed by atoms with Gasteiger partial charge in [-0.2, -0.15) is 0 Å². The molecular weight excluding hydrogens is 338 g/mol. The molecule has 4 heterocycles. The largest absolute Gasteiger partial charge is 0.504 e. The van der Waals surface area contributed by atoms with Gasteiger partial charge in [-0.25, -0.2) is 4.58 Å². The van der Waals surface area contributed by atoms with Crippen molar-refractivity contribution < 1.29 is 25.2 Å². The quantitative estimate of drug-likeness (QED) is 0.261. The molecule has 4 aliphatic heterocycles. The van der Waals surface area contributed by atoms with Gasteiger partial charge in [-0.15, -0.1) is 0 Å². The number of aliphatic imine (C=N–C) groups is 1. The van der Waals surface area contributed by atoms with Crippen molar-refractivity contribution in [2.24, 2.45) is 4.99 Å². The van der Waals surface area contributed by atoms with Crippen LogP contribution in [0.15, 0.2) is 4.99 Å². The van der Waals surface area contributed by atoms with Crippen molar-refractivity contribution in [3.63, 3.8) is 0 Å². The molecule has 0 saturated heterocycles. The van der Waals surface area contributed by atoms with Gasteiger partial charge in [0.2, 0.25) is 11.4 Å². The maximum atomic E-state index is 13.1. The molecule has 1 aromatic rings. The normalized spacial score (nSPS) is 38.3. The van der Waals surface area contributed by atoms with Crippen LogP contribution < -0.4 is 20.5 Å². The lowest BCUT2D eigenvalue weighted by Gasteiger charge is -2.50. The van der Waals surface area contributed by atoms with E-state index >= 15 is 0 Å². The molecular formula is C18H18N3O5+. The first-order chi connectivity index (χ1) is 12.4. The number of hydrogen-bond donors (Lipinski definition) is 5. The number of aliphatic hydroxyl groups excluding tert-OH is 3. The molecule has 5 atom stereocenters. The summed E-state index contributed by atoms with van der Waals surface area (Å²) in [4.78, 5) is 17.4. The van der Waals surface area contributed by atoms with Crippen molar-refractivity contribution >= 4 is 28.9 Å². The Kier molecular flexibility index (Phi) is 2.47. The summed E-state index contributed by atoms with van der Waals surface area (Å²) < 4.78 is 1.97. The minimum absolute atomic E-state index is 0.0124. The summed E-state index contributed by atoms with van der Waals surface area (Å²) in [5.74, 6) is -0.397. The van der Waals surface area contributed by atoms with Crippen molar-refractivity contribution in [1.29, 1.82) is 0 Å². The Balaban J connectivity index is 1.90. The smallest absolute Gasteiger partial charge is 0.216 e. The van der Waals surface area contributed by atoms with Gasteiger partial charge in [-0.1, -0.05) is 0 Å². The molecule has 2 bridgehead atoms. The molecule has 8 heteroatoms. The molecule has 1 fully saturated rings. The van der Waals surface area contributed by atoms with Crippen molar-refractivity contribution in [1.82, 2.24) is 4.58 Å². The maximum Gasteiger partial charge on any atom is 0.216 e. The third-order valence-electron chi connectivity index (χ3n) is 6.75. The van der Waals surface area contributed by atoms with Gasteiger partial charge >= 0.3 is 0 Å². The van der Waals surface area contributed by atoms with E-state index in [1.165, 1.54) is 0 Å². The average Bonchev–Trinajstić information content (AvgIpc) is 3.03. The van der Waals surface area contributed by atoms with Gasteiger partial charge in [-0.3, -0.25) is 9.79 Å². The van der Waals surface area contributed by atoms with E-state index < -0.39 is 29.9 Å². The molecule has 8 nitrogen and oxygen atoms in total. The van der Waals surface area contributed by atoms with E-state index in [1.807, 2.05) is 4.58 Å². The summed E-state index contributed by atoms with van der Waals surface area (Å²) in [5, 5.41) is 47.4. The fourth-order valence-electron chi connectivity index (χ4n) is 5.73. The predicted octanol–water partition coefficient (Wildman–Crippen LogP) is -2.40. The summed E-state index contributed by atoms with van der Waals surface area (Å²) in [7, 11) is 0. The highest BCUT2D eigenvalue weighted by Crippen LogP contribution is 2.51. The van der Waals surface area contributed by atoms with Crippen molar-refractivity contribution in [3.8, 4) is 5.75 Å². The number of hydrogen-bond acceptors (Lipinski definition) is 7. The van der Waals surface area contributed by atoms with Crippen LogP contribution >= 0.6 is 0 Å². The number of carbonyl (C=O) groups is 1. The number of benzene rings is 1. The van der Waals surface area contributed by atoms with Crippen LogP contribution in [0.2, 0.25) is 0 Å². The molecule has 0 amide bonds. The minimum atomic E-state index is -1.33. The van der Waals surface area contributed by atoms with Gasteiger partial charge in [0, 0.05) is 25.5 Å². The SMILES string of the molecule is O=C1C[C@@H](O)[C@@H]2[C@H](O)[C@]13C[C@@H](O)Nc1c(O)c4c5c(c13)=[N+]2CCC=5C=N4. The van der Waals surface area contributed by atoms with Crippen molar-refractivity contribution in [3.05, 3.63) is 16.1 Å². The summed E-state index contributed by atoms with van der Waals surface area (Å²) in [6.07, 6.45) is -0.853. The highest BCUT2D eigenvalue weighted by atomic mass is 16.3. The number of nitrogens with one attached hydrogen (secondary N) is 1. The Bertz CT molecular complexity index is 1080. The fraction of sp³-hybridized carbons (Fsp3) is 0.500. The van der Waals surface area contributed by atoms with Crippen LogP contribution in [0.5, 0.6) is 5.75 Å². The lowest BCUT2D eigenvalue weighted by atomic mass is 9.58. The first kappa shape index (κ1) is 14.8. The molecule has 6 rings (SSSR count). The molecule has 134 valence electrons. The Morgan fingerprint density at radius 2 is 2.12 bits per heavy atom. The molecule has 5 aliphatic rings. The van der Waals surface area contributed by atoms with E-state index in [1.54, 1.807) is 6.21 Å². The highest BCUT2D eigenvalue weighted by molar-refractivity contribution is 6.09. The van der Waals surface area contributed by atoms with Crippen LogP contribution in [0, 0.1) is 0 Å². The van der Waals surface area contributed by atoms with Crippen LogP contribution in [0.1, 0.15) is 24.8 Å². The summed E-state index contributed by atoms with van der Waals surface area (Å²) in [6, 6.07) is -0.617. The monoisotopic (exact) mass is 356 g/mol. The van der Waals surface area contributed by atoms with Gasteiger partial charge in [0.15, 0.2) is 5.75 Å². The zero-order valence-electron chi connectivity index (χ0n) is 13.8. The predicted molar refractivity (Wildman–Crippen MR) is 91.0 cm³/mol. The average molecular weight is 356 g/mol. The number of phenolic OH excluding ortho intramolecular Hbond substituents is 1. The number of aromatic hydroxyl groups is 1. The number of aliphatic hydroxyl groups is 3. The highest BCUT2D eigenvalue weighted by Gasteiger charge is 2.66. The van der Waals surface area contributed by atoms with Gasteiger partial charge < -0.3 is 25.7 Å². The zero-order chi connectivity index (χ0) is 18.0. The van der Waals surface area contributed by atoms with E-state index in [-0.39, 0.29) is 30.1 Å². The Morgan fingerprint density at radius 1 is 1.31 bits per heavy atom. The van der Waals surface area contributed by atoms with E-state index in [0.717, 1.165) is 16.1 Å². The Morgan fingerprint density at radius 3 is 2.92 bits per heavy atom. The van der Waals surface area contributed by atoms with Crippen LogP contribution in [0.3, 0.4) is 0 Å². The van der Waals surface area contributed by atoms with Crippen LogP contribution in [0.4, 0.5) is 11.4 Å². The minimum Gasteiger partial charge on any atom is -0.504 e. The molecule has 0 radical (unpaired) electrons. The number of carbonyl (C=O) groups excluding carboxylic acids is 1. The van der Waals surface area contributed by atoms with Crippen molar-refractivity contribution in [2.75, 3.05) is 11.9 Å². The second kappa shape index (κ2) is 4.33.